The van der Waals surface area contributed by atoms with Crippen LogP contribution >= 0.6 is 11.8 Å². The Balaban J connectivity index is 1.97. The van der Waals surface area contributed by atoms with Crippen molar-refractivity contribution < 1.29 is 4.79 Å². The predicted molar refractivity (Wildman–Crippen MR) is 58.0 cm³/mol. The van der Waals surface area contributed by atoms with Crippen molar-refractivity contribution >= 4 is 17.5 Å². The molecule has 0 spiro atoms. The molecule has 1 aliphatic heterocycles. The van der Waals surface area contributed by atoms with E-state index in [0.717, 1.165) is 23.8 Å². The monoisotopic (exact) mass is 201 g/mol. The van der Waals surface area contributed by atoms with E-state index in [1.165, 1.54) is 19.3 Å². The van der Waals surface area contributed by atoms with E-state index < -0.39 is 0 Å². The summed E-state index contributed by atoms with van der Waals surface area (Å²) in [5.74, 6) is 1.44. The lowest BCUT2D eigenvalue weighted by Gasteiger charge is -2.07. The molecule has 0 aromatic rings. The second kappa shape index (κ2) is 5.66. The van der Waals surface area contributed by atoms with Crippen LogP contribution in [0.1, 0.15) is 39.0 Å². The van der Waals surface area contributed by atoms with Crippen LogP contribution in [0, 0.1) is 0 Å². The van der Waals surface area contributed by atoms with E-state index in [2.05, 4.69) is 0 Å². The van der Waals surface area contributed by atoms with E-state index in [0.29, 0.717) is 11.8 Å². The maximum absolute atomic E-state index is 10.7. The van der Waals surface area contributed by atoms with Gasteiger partial charge in [-0.3, -0.25) is 0 Å². The molecular weight excluding hydrogens is 182 g/mol. The van der Waals surface area contributed by atoms with E-state index in [4.69, 9.17) is 5.73 Å². The highest BCUT2D eigenvalue weighted by Crippen LogP contribution is 2.29. The molecule has 2 nitrogen and oxygen atoms in total. The van der Waals surface area contributed by atoms with E-state index in [1.807, 2.05) is 11.8 Å². The van der Waals surface area contributed by atoms with Gasteiger partial charge in [-0.15, -0.1) is 0 Å². The number of carbonyl (C=O) groups is 1. The largest absolute Gasteiger partial charge is 0.327 e. The normalized spacial score (nSPS) is 27.8. The number of hydrogen-bond donors (Lipinski definition) is 1. The molecule has 0 saturated carbocycles. The third-order valence-corrected chi connectivity index (χ3v) is 3.94. The molecule has 76 valence electrons. The molecule has 1 fully saturated rings. The van der Waals surface area contributed by atoms with Gasteiger partial charge in [0.05, 0.1) is 0 Å². The van der Waals surface area contributed by atoms with Crippen LogP contribution in [-0.4, -0.2) is 22.8 Å². The summed E-state index contributed by atoms with van der Waals surface area (Å²) in [7, 11) is 0. The first kappa shape index (κ1) is 11.1. The van der Waals surface area contributed by atoms with Crippen molar-refractivity contribution in [2.45, 2.75) is 50.3 Å². The zero-order chi connectivity index (χ0) is 9.68. The number of unbranched alkanes of at least 4 members (excludes halogenated alkanes) is 1. The Morgan fingerprint density at radius 1 is 1.54 bits per heavy atom. The number of hydrogen-bond acceptors (Lipinski definition) is 3. The third kappa shape index (κ3) is 4.67. The van der Waals surface area contributed by atoms with Gasteiger partial charge >= 0.3 is 0 Å². The van der Waals surface area contributed by atoms with Gasteiger partial charge in [-0.2, -0.15) is 11.8 Å². The van der Waals surface area contributed by atoms with E-state index in [9.17, 15) is 4.79 Å². The number of carbonyl (C=O) groups excluding carboxylic acids is 1. The molecule has 0 radical (unpaired) electrons. The molecule has 0 aromatic heterocycles. The summed E-state index contributed by atoms with van der Waals surface area (Å²) in [4.78, 5) is 10.7. The maximum atomic E-state index is 10.7. The summed E-state index contributed by atoms with van der Waals surface area (Å²) in [5.41, 5.74) is 5.80. The van der Waals surface area contributed by atoms with Gasteiger partial charge in [0.2, 0.25) is 0 Å². The summed E-state index contributed by atoms with van der Waals surface area (Å²) >= 11 is 2.00. The number of rotatable bonds is 5. The predicted octanol–water partition coefficient (Wildman–Crippen LogP) is 1.97. The van der Waals surface area contributed by atoms with Gasteiger partial charge in [0.15, 0.2) is 0 Å². The topological polar surface area (TPSA) is 43.1 Å². The Labute approximate surface area is 84.6 Å². The van der Waals surface area contributed by atoms with Crippen molar-refractivity contribution in [2.75, 3.05) is 5.75 Å². The highest BCUT2D eigenvalue weighted by Gasteiger charge is 2.21. The van der Waals surface area contributed by atoms with E-state index in [1.54, 1.807) is 6.92 Å². The average Bonchev–Trinajstić information content (AvgIpc) is 2.45. The first-order valence-corrected chi connectivity index (χ1v) is 6.10. The van der Waals surface area contributed by atoms with Gasteiger partial charge in [-0.05, 0) is 26.2 Å². The molecule has 1 saturated heterocycles. The second-order valence-corrected chi connectivity index (χ2v) is 5.23. The van der Waals surface area contributed by atoms with Gasteiger partial charge in [0, 0.05) is 23.5 Å². The lowest BCUT2D eigenvalue weighted by molar-refractivity contribution is -0.117. The number of ketones is 1. The van der Waals surface area contributed by atoms with Crippen molar-refractivity contribution in [3.63, 3.8) is 0 Å². The van der Waals surface area contributed by atoms with Crippen LogP contribution < -0.4 is 5.73 Å². The van der Waals surface area contributed by atoms with Crippen LogP contribution in [-0.2, 0) is 4.79 Å². The Bertz CT molecular complexity index is 172. The molecule has 13 heavy (non-hydrogen) atoms. The van der Waals surface area contributed by atoms with E-state index >= 15 is 0 Å². The molecule has 1 heterocycles. The fourth-order valence-corrected chi connectivity index (χ4v) is 3.05. The molecule has 0 bridgehead atoms. The summed E-state index contributed by atoms with van der Waals surface area (Å²) < 4.78 is 0. The second-order valence-electron chi connectivity index (χ2n) is 3.90. The van der Waals surface area contributed by atoms with Crippen molar-refractivity contribution in [2.24, 2.45) is 5.73 Å². The minimum Gasteiger partial charge on any atom is -0.327 e. The van der Waals surface area contributed by atoms with Crippen molar-refractivity contribution in [1.29, 1.82) is 0 Å². The van der Waals surface area contributed by atoms with Crippen LogP contribution in [0.4, 0.5) is 0 Å². The Morgan fingerprint density at radius 2 is 2.31 bits per heavy atom. The Kier molecular flexibility index (Phi) is 4.81. The summed E-state index contributed by atoms with van der Waals surface area (Å²) in [6, 6.07) is 0.419. The third-order valence-electron chi connectivity index (χ3n) is 2.42. The van der Waals surface area contributed by atoms with Gasteiger partial charge in [0.25, 0.3) is 0 Å². The first-order valence-electron chi connectivity index (χ1n) is 5.05. The summed E-state index contributed by atoms with van der Waals surface area (Å²) in [6.45, 7) is 1.67. The molecule has 0 unspecified atom stereocenters. The van der Waals surface area contributed by atoms with Crippen LogP contribution in [0.25, 0.3) is 0 Å². The van der Waals surface area contributed by atoms with Gasteiger partial charge in [-0.1, -0.05) is 6.42 Å². The SMILES string of the molecule is CC(=O)CCCC[C@H]1C[C@@H](N)CS1. The number of nitrogens with two attached hydrogens (primary N) is 1. The minimum absolute atomic E-state index is 0.316. The number of Topliss-reactive ketones (excluding diaryl/α,β-unsaturated/α-hetero) is 1. The smallest absolute Gasteiger partial charge is 0.129 e. The summed E-state index contributed by atoms with van der Waals surface area (Å²) in [6.07, 6.45) is 5.41. The maximum Gasteiger partial charge on any atom is 0.129 e. The van der Waals surface area contributed by atoms with Gasteiger partial charge in [0.1, 0.15) is 5.78 Å². The lowest BCUT2D eigenvalue weighted by atomic mass is 10.1. The Morgan fingerprint density at radius 3 is 2.85 bits per heavy atom. The van der Waals surface area contributed by atoms with Crippen molar-refractivity contribution in [3.8, 4) is 0 Å². The lowest BCUT2D eigenvalue weighted by Crippen LogP contribution is -2.19. The van der Waals surface area contributed by atoms with Crippen LogP contribution in [0.3, 0.4) is 0 Å². The van der Waals surface area contributed by atoms with E-state index in [-0.39, 0.29) is 0 Å². The summed E-state index contributed by atoms with van der Waals surface area (Å²) in [5, 5.41) is 0.766. The standard InChI is InChI=1S/C10H19NOS/c1-8(12)4-2-3-5-10-6-9(11)7-13-10/h9-10H,2-7,11H2,1H3/t9-,10+/m1/s1. The van der Waals surface area contributed by atoms with Crippen LogP contribution in [0.2, 0.25) is 0 Å². The minimum atomic E-state index is 0.316. The highest BCUT2D eigenvalue weighted by molar-refractivity contribution is 8.00. The quantitative estimate of drug-likeness (QED) is 0.692. The van der Waals surface area contributed by atoms with Crippen molar-refractivity contribution in [3.05, 3.63) is 0 Å². The molecule has 0 aliphatic carbocycles. The molecule has 1 aliphatic rings. The first-order chi connectivity index (χ1) is 6.18. The highest BCUT2D eigenvalue weighted by atomic mass is 32.2. The molecule has 2 N–H and O–H groups in total. The molecule has 0 amide bonds. The van der Waals surface area contributed by atoms with Gasteiger partial charge in [-0.25, -0.2) is 0 Å². The van der Waals surface area contributed by atoms with Crippen molar-refractivity contribution in [1.82, 2.24) is 0 Å². The van der Waals surface area contributed by atoms with Gasteiger partial charge < -0.3 is 10.5 Å². The molecule has 1 rings (SSSR count). The fourth-order valence-electron chi connectivity index (χ4n) is 1.68. The fraction of sp³-hybridized carbons (Fsp3) is 0.900. The number of thioether (sulfide) groups is 1. The molecular formula is C10H19NOS. The van der Waals surface area contributed by atoms with Crippen LogP contribution in [0.5, 0.6) is 0 Å². The zero-order valence-electron chi connectivity index (χ0n) is 8.29. The van der Waals surface area contributed by atoms with Crippen LogP contribution in [0.15, 0.2) is 0 Å². The zero-order valence-corrected chi connectivity index (χ0v) is 9.11. The average molecular weight is 201 g/mol. The molecule has 3 heteroatoms. The Hall–Kier alpha value is -0.0200. The molecule has 0 aromatic carbocycles. The molecule has 2 atom stereocenters.